The molecule has 0 saturated heterocycles. The van der Waals surface area contributed by atoms with E-state index in [9.17, 15) is 4.79 Å². The van der Waals surface area contributed by atoms with Crippen molar-refractivity contribution >= 4 is 28.3 Å². The van der Waals surface area contributed by atoms with Crippen LogP contribution in [0, 0.1) is 5.92 Å². The van der Waals surface area contributed by atoms with E-state index in [1.54, 1.807) is 7.05 Å². The Morgan fingerprint density at radius 2 is 2.20 bits per heavy atom. The van der Waals surface area contributed by atoms with Gasteiger partial charge in [0.25, 0.3) is 0 Å². The van der Waals surface area contributed by atoms with Crippen molar-refractivity contribution in [2.45, 2.75) is 6.92 Å². The van der Waals surface area contributed by atoms with Crippen LogP contribution in [0.25, 0.3) is 10.9 Å². The van der Waals surface area contributed by atoms with Crippen LogP contribution in [0.3, 0.4) is 0 Å². The van der Waals surface area contributed by atoms with Crippen LogP contribution in [0.4, 0.5) is 11.5 Å². The molecule has 1 atom stereocenters. The van der Waals surface area contributed by atoms with Gasteiger partial charge in [-0.3, -0.25) is 4.79 Å². The maximum atomic E-state index is 11.6. The minimum absolute atomic E-state index is 0.0134. The first-order valence-electron chi connectivity index (χ1n) is 6.46. The Balaban J connectivity index is 2.30. The van der Waals surface area contributed by atoms with E-state index in [0.717, 1.165) is 16.7 Å². The Morgan fingerprint density at radius 1 is 1.45 bits per heavy atom. The molecule has 0 aliphatic heterocycles. The Kier molecular flexibility index (Phi) is 4.02. The molecule has 1 heterocycles. The Bertz CT molecular complexity index is 628. The summed E-state index contributed by atoms with van der Waals surface area (Å²) in [7, 11) is 3.55. The number of carbonyl (C=O) groups is 1. The van der Waals surface area contributed by atoms with E-state index in [-0.39, 0.29) is 11.8 Å². The Labute approximate surface area is 118 Å². The van der Waals surface area contributed by atoms with Gasteiger partial charge in [0.2, 0.25) is 5.91 Å². The molecule has 0 bridgehead atoms. The number of aromatic nitrogens is 2. The summed E-state index contributed by atoms with van der Waals surface area (Å²) in [5, 5.41) is 3.58. The van der Waals surface area contributed by atoms with Crippen molar-refractivity contribution in [1.82, 2.24) is 15.3 Å². The lowest BCUT2D eigenvalue weighted by atomic mass is 10.1. The van der Waals surface area contributed by atoms with Gasteiger partial charge in [-0.05, 0) is 18.2 Å². The van der Waals surface area contributed by atoms with Crippen molar-refractivity contribution in [2.24, 2.45) is 5.92 Å². The molecule has 106 valence electrons. The molecular formula is C14H19N5O. The second kappa shape index (κ2) is 5.73. The number of fused-ring (bicyclic) bond motifs is 1. The van der Waals surface area contributed by atoms with Gasteiger partial charge in [0.15, 0.2) is 0 Å². The monoisotopic (exact) mass is 273 g/mol. The zero-order valence-electron chi connectivity index (χ0n) is 11.9. The summed E-state index contributed by atoms with van der Waals surface area (Å²) in [6.45, 7) is 2.47. The van der Waals surface area contributed by atoms with E-state index in [4.69, 9.17) is 5.73 Å². The van der Waals surface area contributed by atoms with Crippen LogP contribution < -0.4 is 16.0 Å². The van der Waals surface area contributed by atoms with Crippen LogP contribution in [-0.4, -0.2) is 36.5 Å². The van der Waals surface area contributed by atoms with Crippen molar-refractivity contribution in [3.63, 3.8) is 0 Å². The van der Waals surface area contributed by atoms with Crippen molar-refractivity contribution in [2.75, 3.05) is 31.3 Å². The fraction of sp³-hybridized carbons (Fsp3) is 0.357. The highest BCUT2D eigenvalue weighted by Crippen LogP contribution is 2.24. The molecule has 1 unspecified atom stereocenters. The summed E-state index contributed by atoms with van der Waals surface area (Å²) >= 11 is 0. The van der Waals surface area contributed by atoms with Gasteiger partial charge in [-0.1, -0.05) is 6.92 Å². The summed E-state index contributed by atoms with van der Waals surface area (Å²) in [4.78, 5) is 22.1. The van der Waals surface area contributed by atoms with Crippen molar-refractivity contribution < 1.29 is 4.79 Å². The predicted molar refractivity (Wildman–Crippen MR) is 80.5 cm³/mol. The summed E-state index contributed by atoms with van der Waals surface area (Å²) in [6, 6.07) is 5.54. The predicted octanol–water partition coefficient (Wildman–Crippen LogP) is 1.03. The first-order valence-corrected chi connectivity index (χ1v) is 6.46. The van der Waals surface area contributed by atoms with E-state index in [1.807, 2.05) is 37.1 Å². The molecule has 1 aromatic heterocycles. The van der Waals surface area contributed by atoms with E-state index in [2.05, 4.69) is 15.3 Å². The molecule has 3 N–H and O–H groups in total. The van der Waals surface area contributed by atoms with E-state index in [1.165, 1.54) is 6.33 Å². The third kappa shape index (κ3) is 2.79. The fourth-order valence-electron chi connectivity index (χ4n) is 2.19. The second-order valence-electron chi connectivity index (χ2n) is 4.87. The first-order chi connectivity index (χ1) is 9.52. The zero-order valence-corrected chi connectivity index (χ0v) is 11.9. The number of nitrogens with zero attached hydrogens (tertiary/aromatic N) is 3. The smallest absolute Gasteiger partial charge is 0.224 e. The number of nitrogen functional groups attached to an aromatic ring is 1. The largest absolute Gasteiger partial charge is 0.399 e. The molecular weight excluding hydrogens is 254 g/mol. The molecule has 2 rings (SSSR count). The molecule has 0 fully saturated rings. The lowest BCUT2D eigenvalue weighted by molar-refractivity contribution is -0.123. The Morgan fingerprint density at radius 3 is 2.90 bits per heavy atom. The molecule has 6 heteroatoms. The lowest BCUT2D eigenvalue weighted by Gasteiger charge is -2.22. The molecule has 0 radical (unpaired) electrons. The molecule has 1 amide bonds. The molecule has 0 saturated carbocycles. The summed E-state index contributed by atoms with van der Waals surface area (Å²) in [6.07, 6.45) is 1.51. The van der Waals surface area contributed by atoms with Gasteiger partial charge < -0.3 is 16.0 Å². The van der Waals surface area contributed by atoms with Crippen LogP contribution in [-0.2, 0) is 4.79 Å². The number of nitrogens with one attached hydrogen (secondary N) is 1. The average Bonchev–Trinajstić information content (AvgIpc) is 2.45. The van der Waals surface area contributed by atoms with Crippen LogP contribution in [0.1, 0.15) is 6.92 Å². The molecule has 0 aliphatic rings. The zero-order chi connectivity index (χ0) is 14.7. The number of amides is 1. The average molecular weight is 273 g/mol. The minimum Gasteiger partial charge on any atom is -0.399 e. The van der Waals surface area contributed by atoms with Gasteiger partial charge >= 0.3 is 0 Å². The summed E-state index contributed by atoms with van der Waals surface area (Å²) in [5.41, 5.74) is 7.23. The van der Waals surface area contributed by atoms with Gasteiger partial charge in [-0.2, -0.15) is 0 Å². The second-order valence-corrected chi connectivity index (χ2v) is 4.87. The highest BCUT2D eigenvalue weighted by Gasteiger charge is 2.16. The number of hydrogen-bond donors (Lipinski definition) is 2. The van der Waals surface area contributed by atoms with Gasteiger partial charge in [0, 0.05) is 31.7 Å². The topological polar surface area (TPSA) is 84.1 Å². The maximum absolute atomic E-state index is 11.6. The van der Waals surface area contributed by atoms with Crippen molar-refractivity contribution in [3.05, 3.63) is 24.5 Å². The van der Waals surface area contributed by atoms with Crippen LogP contribution in [0.5, 0.6) is 0 Å². The summed E-state index contributed by atoms with van der Waals surface area (Å²) in [5.74, 6) is 0.689. The third-order valence-corrected chi connectivity index (χ3v) is 3.24. The summed E-state index contributed by atoms with van der Waals surface area (Å²) < 4.78 is 0. The number of benzene rings is 1. The third-order valence-electron chi connectivity index (χ3n) is 3.24. The van der Waals surface area contributed by atoms with Gasteiger partial charge in [-0.15, -0.1) is 0 Å². The molecule has 1 aromatic carbocycles. The first kappa shape index (κ1) is 14.0. The standard InChI is InChI=1S/C14H19N5O/c1-9(14(20)16-2)7-19(3)13-11-5-4-10(15)6-12(11)17-8-18-13/h4-6,8-9H,7,15H2,1-3H3,(H,16,20). The van der Waals surface area contributed by atoms with Crippen LogP contribution >= 0.6 is 0 Å². The molecule has 6 nitrogen and oxygen atoms in total. The number of nitrogens with two attached hydrogens (primary N) is 1. The molecule has 2 aromatic rings. The van der Waals surface area contributed by atoms with Gasteiger partial charge in [0.05, 0.1) is 11.4 Å². The lowest BCUT2D eigenvalue weighted by Crippen LogP contribution is -2.34. The number of carbonyl (C=O) groups excluding carboxylic acids is 1. The van der Waals surface area contributed by atoms with E-state index >= 15 is 0 Å². The van der Waals surface area contributed by atoms with Crippen molar-refractivity contribution in [1.29, 1.82) is 0 Å². The van der Waals surface area contributed by atoms with Crippen LogP contribution in [0.2, 0.25) is 0 Å². The van der Waals surface area contributed by atoms with Crippen LogP contribution in [0.15, 0.2) is 24.5 Å². The molecule has 0 aliphatic carbocycles. The molecule has 20 heavy (non-hydrogen) atoms. The van der Waals surface area contributed by atoms with Gasteiger partial charge in [0.1, 0.15) is 12.1 Å². The quantitative estimate of drug-likeness (QED) is 0.813. The van der Waals surface area contributed by atoms with Crippen molar-refractivity contribution in [3.8, 4) is 0 Å². The normalized spacial score (nSPS) is 12.2. The number of hydrogen-bond acceptors (Lipinski definition) is 5. The minimum atomic E-state index is -0.121. The Hall–Kier alpha value is -2.37. The molecule has 0 spiro atoms. The highest BCUT2D eigenvalue weighted by atomic mass is 16.1. The van der Waals surface area contributed by atoms with E-state index in [0.29, 0.717) is 12.2 Å². The number of rotatable bonds is 4. The SMILES string of the molecule is CNC(=O)C(C)CN(C)c1ncnc2cc(N)ccc12. The van der Waals surface area contributed by atoms with E-state index < -0.39 is 0 Å². The number of anilines is 2. The van der Waals surface area contributed by atoms with Gasteiger partial charge in [-0.25, -0.2) is 9.97 Å². The fourth-order valence-corrected chi connectivity index (χ4v) is 2.19. The maximum Gasteiger partial charge on any atom is 0.224 e. The highest BCUT2D eigenvalue weighted by molar-refractivity contribution is 5.91.